The summed E-state index contributed by atoms with van der Waals surface area (Å²) in [5.74, 6) is 1.24. The molecule has 0 radical (unpaired) electrons. The molecular weight excluding hydrogens is 382 g/mol. The van der Waals surface area contributed by atoms with Crippen molar-refractivity contribution in [3.05, 3.63) is 59.1 Å². The zero-order valence-corrected chi connectivity index (χ0v) is 16.7. The topological polar surface area (TPSA) is 91.2 Å². The fourth-order valence-electron chi connectivity index (χ4n) is 2.35. The van der Waals surface area contributed by atoms with Crippen LogP contribution >= 0.6 is 11.6 Å². The van der Waals surface area contributed by atoms with Crippen LogP contribution in [0.3, 0.4) is 0 Å². The van der Waals surface area contributed by atoms with Crippen LogP contribution in [-0.4, -0.2) is 40.4 Å². The van der Waals surface area contributed by atoms with Crippen molar-refractivity contribution in [3.63, 3.8) is 0 Å². The Balaban J connectivity index is 0.000000640. The van der Waals surface area contributed by atoms with Gasteiger partial charge in [-0.05, 0) is 30.0 Å². The number of nitrogens with one attached hydrogen (secondary N) is 1. The van der Waals surface area contributed by atoms with E-state index in [0.29, 0.717) is 23.2 Å². The van der Waals surface area contributed by atoms with Gasteiger partial charge < -0.3 is 14.8 Å². The molecule has 0 amide bonds. The molecule has 0 aliphatic heterocycles. The van der Waals surface area contributed by atoms with Gasteiger partial charge in [-0.1, -0.05) is 23.7 Å². The lowest BCUT2D eigenvalue weighted by atomic mass is 10.1. The molecule has 28 heavy (non-hydrogen) atoms. The first-order chi connectivity index (χ1) is 13.6. The number of nitrogens with zero attached hydrogens (tertiary/aromatic N) is 4. The average Bonchev–Trinajstić information content (AvgIpc) is 3.13. The summed E-state index contributed by atoms with van der Waals surface area (Å²) >= 11 is 6.32. The van der Waals surface area contributed by atoms with E-state index in [-0.39, 0.29) is 0 Å². The fourth-order valence-corrected chi connectivity index (χ4v) is 2.65. The van der Waals surface area contributed by atoms with Gasteiger partial charge in [0.05, 0.1) is 31.1 Å². The van der Waals surface area contributed by atoms with E-state index >= 15 is 0 Å². The Bertz CT molecular complexity index is 884. The minimum Gasteiger partial charge on any atom is -0.495 e. The lowest BCUT2D eigenvalue weighted by Crippen LogP contribution is -1.99. The van der Waals surface area contributed by atoms with Gasteiger partial charge in [-0.25, -0.2) is 9.97 Å². The quantitative estimate of drug-likeness (QED) is 0.605. The summed E-state index contributed by atoms with van der Waals surface area (Å²) in [7, 11) is 4.79. The van der Waals surface area contributed by atoms with E-state index in [0.717, 1.165) is 29.7 Å². The molecule has 0 bridgehead atoms. The lowest BCUT2D eigenvalue weighted by molar-refractivity contribution is -0.126. The van der Waals surface area contributed by atoms with Crippen LogP contribution in [0.1, 0.15) is 11.1 Å². The number of rotatable bonds is 7. The maximum absolute atomic E-state index is 8.95. The molecule has 2 heterocycles. The summed E-state index contributed by atoms with van der Waals surface area (Å²) in [5.41, 5.74) is 2.95. The zero-order chi connectivity index (χ0) is 20.4. The SMILES string of the molecule is COC=O.COc1cccc(CCc2cnc(Nc3cnn(C)c3)nc2)c1Cl. The Morgan fingerprint density at radius 2 is 1.89 bits per heavy atom. The maximum Gasteiger partial charge on any atom is 0.292 e. The predicted octanol–water partition coefficient (Wildman–Crippen LogP) is 3.19. The fraction of sp³-hybridized carbons (Fsp3) is 0.263. The van der Waals surface area contributed by atoms with Crippen LogP contribution in [-0.2, 0) is 29.4 Å². The highest BCUT2D eigenvalue weighted by atomic mass is 35.5. The summed E-state index contributed by atoms with van der Waals surface area (Å²) in [6.07, 6.45) is 8.83. The van der Waals surface area contributed by atoms with Crippen molar-refractivity contribution in [2.75, 3.05) is 19.5 Å². The van der Waals surface area contributed by atoms with Crippen molar-refractivity contribution < 1.29 is 14.3 Å². The average molecular weight is 404 g/mol. The van der Waals surface area contributed by atoms with E-state index in [1.165, 1.54) is 7.11 Å². The number of aryl methyl sites for hydroxylation is 3. The third-order valence-corrected chi connectivity index (χ3v) is 4.14. The van der Waals surface area contributed by atoms with Gasteiger partial charge in [-0.2, -0.15) is 5.10 Å². The Morgan fingerprint density at radius 1 is 1.18 bits per heavy atom. The molecule has 0 saturated carbocycles. The number of hydrogen-bond donors (Lipinski definition) is 1. The van der Waals surface area contributed by atoms with Gasteiger partial charge in [0.2, 0.25) is 5.95 Å². The molecule has 8 nitrogen and oxygen atoms in total. The lowest BCUT2D eigenvalue weighted by Gasteiger charge is -2.08. The smallest absolute Gasteiger partial charge is 0.292 e. The minimum absolute atomic E-state index is 0.375. The first-order valence-electron chi connectivity index (χ1n) is 8.41. The minimum atomic E-state index is 0.375. The number of ether oxygens (including phenoxy) is 2. The van der Waals surface area contributed by atoms with Crippen LogP contribution in [0.4, 0.5) is 11.6 Å². The van der Waals surface area contributed by atoms with Crippen LogP contribution in [0.15, 0.2) is 43.0 Å². The van der Waals surface area contributed by atoms with Gasteiger partial charge in [0, 0.05) is 25.6 Å². The third kappa shape index (κ3) is 6.24. The Labute approximate surface area is 168 Å². The predicted molar refractivity (Wildman–Crippen MR) is 107 cm³/mol. The van der Waals surface area contributed by atoms with Crippen molar-refractivity contribution in [2.45, 2.75) is 12.8 Å². The van der Waals surface area contributed by atoms with Crippen LogP contribution < -0.4 is 10.1 Å². The first-order valence-corrected chi connectivity index (χ1v) is 8.79. The second-order valence-corrected chi connectivity index (χ2v) is 6.09. The zero-order valence-electron chi connectivity index (χ0n) is 15.9. The molecule has 0 aliphatic carbocycles. The van der Waals surface area contributed by atoms with Gasteiger partial charge in [0.15, 0.2) is 0 Å². The molecule has 2 aromatic heterocycles. The first kappa shape index (κ1) is 21.2. The largest absolute Gasteiger partial charge is 0.495 e. The molecule has 3 aromatic rings. The molecule has 3 rings (SSSR count). The van der Waals surface area contributed by atoms with Crippen molar-refractivity contribution in [1.82, 2.24) is 19.7 Å². The molecule has 9 heteroatoms. The number of carbonyl (C=O) groups excluding carboxylic acids is 1. The summed E-state index contributed by atoms with van der Waals surface area (Å²) in [6.45, 7) is 0.375. The van der Waals surface area contributed by atoms with Crippen molar-refractivity contribution in [2.24, 2.45) is 7.05 Å². The van der Waals surface area contributed by atoms with E-state index in [2.05, 4.69) is 25.1 Å². The van der Waals surface area contributed by atoms with E-state index in [1.54, 1.807) is 18.0 Å². The standard InChI is InChI=1S/C17H18ClN5O.C2H4O2/c1-23-11-14(10-21-23)22-17-19-8-12(9-20-17)6-7-13-4-3-5-15(24-2)16(13)18;1-4-2-3/h3-5,8-11H,6-7H2,1-2H3,(H,19,20,22);2H,1H3. The number of hydrogen-bond acceptors (Lipinski definition) is 7. The van der Waals surface area contributed by atoms with Crippen molar-refractivity contribution in [1.29, 1.82) is 0 Å². The van der Waals surface area contributed by atoms with Gasteiger partial charge in [0.25, 0.3) is 6.47 Å². The molecule has 0 aliphatic rings. The molecular formula is C19H22ClN5O3. The van der Waals surface area contributed by atoms with Gasteiger partial charge in [0.1, 0.15) is 5.75 Å². The summed E-state index contributed by atoms with van der Waals surface area (Å²) in [5, 5.41) is 7.86. The van der Waals surface area contributed by atoms with Crippen LogP contribution in [0.2, 0.25) is 5.02 Å². The Morgan fingerprint density at radius 3 is 2.46 bits per heavy atom. The Kier molecular flexibility index (Phi) is 8.23. The number of carbonyl (C=O) groups is 1. The van der Waals surface area contributed by atoms with E-state index in [4.69, 9.17) is 21.1 Å². The third-order valence-electron chi connectivity index (χ3n) is 3.71. The highest BCUT2D eigenvalue weighted by molar-refractivity contribution is 6.32. The Hall–Kier alpha value is -3.13. The molecule has 148 valence electrons. The molecule has 0 saturated heterocycles. The molecule has 0 spiro atoms. The molecule has 1 aromatic carbocycles. The molecule has 0 unspecified atom stereocenters. The van der Waals surface area contributed by atoms with Crippen molar-refractivity contribution in [3.8, 4) is 5.75 Å². The monoisotopic (exact) mass is 403 g/mol. The second kappa shape index (κ2) is 10.9. The van der Waals surface area contributed by atoms with E-state index < -0.39 is 0 Å². The molecule has 1 N–H and O–H groups in total. The van der Waals surface area contributed by atoms with Gasteiger partial charge in [-0.3, -0.25) is 9.48 Å². The van der Waals surface area contributed by atoms with Crippen molar-refractivity contribution >= 4 is 29.7 Å². The molecule has 0 atom stereocenters. The summed E-state index contributed by atoms with van der Waals surface area (Å²) < 4.78 is 10.8. The molecule has 0 fully saturated rings. The number of anilines is 2. The second-order valence-electron chi connectivity index (χ2n) is 5.71. The maximum atomic E-state index is 8.95. The summed E-state index contributed by atoms with van der Waals surface area (Å²) in [6, 6.07) is 5.80. The number of halogens is 1. The van der Waals surface area contributed by atoms with Gasteiger partial charge >= 0.3 is 0 Å². The van der Waals surface area contributed by atoms with E-state index in [9.17, 15) is 0 Å². The van der Waals surface area contributed by atoms with Crippen LogP contribution in [0.5, 0.6) is 5.75 Å². The normalized spacial score (nSPS) is 9.86. The van der Waals surface area contributed by atoms with E-state index in [1.807, 2.05) is 43.8 Å². The van der Waals surface area contributed by atoms with Crippen LogP contribution in [0, 0.1) is 0 Å². The van der Waals surface area contributed by atoms with Crippen LogP contribution in [0.25, 0.3) is 0 Å². The van der Waals surface area contributed by atoms with Gasteiger partial charge in [-0.15, -0.1) is 0 Å². The number of aromatic nitrogens is 4. The highest BCUT2D eigenvalue weighted by Crippen LogP contribution is 2.28. The number of benzene rings is 1. The summed E-state index contributed by atoms with van der Waals surface area (Å²) in [4.78, 5) is 17.6. The highest BCUT2D eigenvalue weighted by Gasteiger charge is 2.07. The number of methoxy groups -OCH3 is 2.